The smallest absolute Gasteiger partial charge is 0.361 e. The van der Waals surface area contributed by atoms with Crippen LogP contribution in [0.4, 0.5) is 15.9 Å². The predicted molar refractivity (Wildman–Crippen MR) is 76.4 cm³/mol. The highest BCUT2D eigenvalue weighted by Gasteiger charge is 2.21. The van der Waals surface area contributed by atoms with Crippen LogP contribution in [0.25, 0.3) is 0 Å². The zero-order valence-corrected chi connectivity index (χ0v) is 11.6. The number of nitrogens with zero attached hydrogens (tertiary/aromatic N) is 2. The molecule has 114 valence electrons. The highest BCUT2D eigenvalue weighted by molar-refractivity contribution is 5.97. The molecule has 0 saturated heterocycles. The number of amides is 1. The van der Waals surface area contributed by atoms with Gasteiger partial charge in [0.05, 0.1) is 0 Å². The van der Waals surface area contributed by atoms with E-state index in [-0.39, 0.29) is 11.5 Å². The van der Waals surface area contributed by atoms with E-state index in [4.69, 9.17) is 10.5 Å². The van der Waals surface area contributed by atoms with Crippen molar-refractivity contribution in [3.8, 4) is 0 Å². The van der Waals surface area contributed by atoms with E-state index in [0.29, 0.717) is 5.69 Å². The maximum atomic E-state index is 12.8. The largest absolute Gasteiger partial charge is 0.448 e. The van der Waals surface area contributed by atoms with E-state index in [2.05, 4.69) is 15.3 Å². The number of halogens is 1. The van der Waals surface area contributed by atoms with Crippen molar-refractivity contribution in [3.63, 3.8) is 0 Å². The lowest BCUT2D eigenvalue weighted by atomic mass is 10.3. The Balaban J connectivity index is 1.98. The second-order valence-electron chi connectivity index (χ2n) is 4.33. The second-order valence-corrected chi connectivity index (χ2v) is 4.33. The van der Waals surface area contributed by atoms with Gasteiger partial charge in [-0.25, -0.2) is 19.2 Å². The minimum atomic E-state index is -1.08. The highest BCUT2D eigenvalue weighted by Crippen LogP contribution is 2.11. The summed E-state index contributed by atoms with van der Waals surface area (Å²) in [5.74, 6) is -1.93. The van der Waals surface area contributed by atoms with Gasteiger partial charge in [0.2, 0.25) is 0 Å². The summed E-state index contributed by atoms with van der Waals surface area (Å²) >= 11 is 0. The van der Waals surface area contributed by atoms with Gasteiger partial charge in [-0.05, 0) is 31.2 Å². The fraction of sp³-hybridized carbons (Fsp3) is 0.143. The van der Waals surface area contributed by atoms with Crippen molar-refractivity contribution in [1.82, 2.24) is 9.97 Å². The van der Waals surface area contributed by atoms with Crippen molar-refractivity contribution >= 4 is 23.4 Å². The molecule has 3 N–H and O–H groups in total. The SMILES string of the molecule is C[C@@H](OC(=O)c1nccnc1N)C(=O)Nc1ccc(F)cc1. The van der Waals surface area contributed by atoms with E-state index >= 15 is 0 Å². The van der Waals surface area contributed by atoms with Crippen LogP contribution in [0.2, 0.25) is 0 Å². The molecule has 0 radical (unpaired) electrons. The van der Waals surface area contributed by atoms with Crippen molar-refractivity contribution in [1.29, 1.82) is 0 Å². The third-order valence-electron chi connectivity index (χ3n) is 2.68. The Hall–Kier alpha value is -3.03. The molecule has 0 aliphatic heterocycles. The van der Waals surface area contributed by atoms with Gasteiger partial charge >= 0.3 is 5.97 Å². The number of hydrogen-bond donors (Lipinski definition) is 2. The summed E-state index contributed by atoms with van der Waals surface area (Å²) in [6.07, 6.45) is 1.53. The molecule has 0 fully saturated rings. The number of benzene rings is 1. The first-order valence-corrected chi connectivity index (χ1v) is 6.31. The quantitative estimate of drug-likeness (QED) is 0.826. The number of anilines is 2. The van der Waals surface area contributed by atoms with Gasteiger partial charge in [0.1, 0.15) is 5.82 Å². The molecule has 0 aliphatic carbocycles. The van der Waals surface area contributed by atoms with Gasteiger partial charge < -0.3 is 15.8 Å². The normalized spacial score (nSPS) is 11.5. The van der Waals surface area contributed by atoms with E-state index in [1.54, 1.807) is 0 Å². The van der Waals surface area contributed by atoms with Crippen LogP contribution in [0.1, 0.15) is 17.4 Å². The lowest BCUT2D eigenvalue weighted by molar-refractivity contribution is -0.123. The lowest BCUT2D eigenvalue weighted by Crippen LogP contribution is -2.30. The fourth-order valence-electron chi connectivity index (χ4n) is 1.55. The zero-order valence-electron chi connectivity index (χ0n) is 11.6. The maximum absolute atomic E-state index is 12.8. The van der Waals surface area contributed by atoms with E-state index in [9.17, 15) is 14.0 Å². The van der Waals surface area contributed by atoms with E-state index < -0.39 is 23.8 Å². The number of nitrogens with two attached hydrogens (primary N) is 1. The van der Waals surface area contributed by atoms with Crippen molar-refractivity contribution in [2.45, 2.75) is 13.0 Å². The maximum Gasteiger partial charge on any atom is 0.361 e. The van der Waals surface area contributed by atoms with E-state index in [1.165, 1.54) is 43.6 Å². The summed E-state index contributed by atoms with van der Waals surface area (Å²) in [7, 11) is 0. The molecular formula is C14H13FN4O3. The van der Waals surface area contributed by atoms with Crippen LogP contribution in [0.5, 0.6) is 0 Å². The first-order chi connectivity index (χ1) is 10.5. The molecule has 1 amide bonds. The zero-order chi connectivity index (χ0) is 16.1. The molecular weight excluding hydrogens is 291 g/mol. The van der Waals surface area contributed by atoms with Gasteiger partial charge in [-0.2, -0.15) is 0 Å². The van der Waals surface area contributed by atoms with Crippen molar-refractivity contribution in [3.05, 3.63) is 48.2 Å². The summed E-state index contributed by atoms with van der Waals surface area (Å²) in [6.45, 7) is 1.39. The molecule has 0 aliphatic rings. The van der Waals surface area contributed by atoms with Crippen LogP contribution in [0.3, 0.4) is 0 Å². The number of ether oxygens (including phenoxy) is 1. The summed E-state index contributed by atoms with van der Waals surface area (Å²) in [5, 5.41) is 2.49. The van der Waals surface area contributed by atoms with Crippen LogP contribution in [-0.4, -0.2) is 27.9 Å². The summed E-state index contributed by atoms with van der Waals surface area (Å²) < 4.78 is 17.7. The molecule has 0 bridgehead atoms. The van der Waals surface area contributed by atoms with Crippen molar-refractivity contribution < 1.29 is 18.7 Å². The lowest BCUT2D eigenvalue weighted by Gasteiger charge is -2.13. The first kappa shape index (κ1) is 15.4. The number of rotatable bonds is 4. The Bertz CT molecular complexity index is 691. The van der Waals surface area contributed by atoms with Crippen molar-refractivity contribution in [2.75, 3.05) is 11.1 Å². The number of esters is 1. The van der Waals surface area contributed by atoms with Crippen LogP contribution in [-0.2, 0) is 9.53 Å². The molecule has 8 heteroatoms. The number of aromatic nitrogens is 2. The Labute approximate surface area is 125 Å². The average Bonchev–Trinajstić information content (AvgIpc) is 2.49. The number of hydrogen-bond acceptors (Lipinski definition) is 6. The van der Waals surface area contributed by atoms with Gasteiger partial charge in [-0.15, -0.1) is 0 Å². The summed E-state index contributed by atoms with van der Waals surface area (Å²) in [4.78, 5) is 31.2. The van der Waals surface area contributed by atoms with Crippen LogP contribution >= 0.6 is 0 Å². The van der Waals surface area contributed by atoms with Crippen LogP contribution < -0.4 is 11.1 Å². The minimum absolute atomic E-state index is 0.0846. The summed E-state index contributed by atoms with van der Waals surface area (Å²) in [6, 6.07) is 5.18. The average molecular weight is 304 g/mol. The molecule has 1 atom stereocenters. The minimum Gasteiger partial charge on any atom is -0.448 e. The number of carbonyl (C=O) groups excluding carboxylic acids is 2. The Morgan fingerprint density at radius 1 is 1.23 bits per heavy atom. The van der Waals surface area contributed by atoms with Gasteiger partial charge in [-0.3, -0.25) is 4.79 Å². The molecule has 1 aromatic carbocycles. The first-order valence-electron chi connectivity index (χ1n) is 6.31. The molecule has 2 aromatic rings. The summed E-state index contributed by atoms with van der Waals surface area (Å²) in [5.41, 5.74) is 5.72. The Morgan fingerprint density at radius 2 is 1.86 bits per heavy atom. The molecule has 7 nitrogen and oxygen atoms in total. The number of carbonyl (C=O) groups is 2. The standard InChI is InChI=1S/C14H13FN4O3/c1-8(13(20)19-10-4-2-9(15)3-5-10)22-14(21)11-12(16)18-7-6-17-11/h2-8H,1H3,(H2,16,18)(H,19,20)/t8-/m1/s1. The van der Waals surface area contributed by atoms with Gasteiger partial charge in [0, 0.05) is 18.1 Å². The van der Waals surface area contributed by atoms with Gasteiger partial charge in [0.15, 0.2) is 17.6 Å². The van der Waals surface area contributed by atoms with Gasteiger partial charge in [0.25, 0.3) is 5.91 Å². The topological polar surface area (TPSA) is 107 Å². The van der Waals surface area contributed by atoms with Crippen LogP contribution in [0, 0.1) is 5.82 Å². The highest BCUT2D eigenvalue weighted by atomic mass is 19.1. The van der Waals surface area contributed by atoms with Crippen LogP contribution in [0.15, 0.2) is 36.7 Å². The predicted octanol–water partition coefficient (Wildman–Crippen LogP) is 1.38. The molecule has 1 heterocycles. The fourth-order valence-corrected chi connectivity index (χ4v) is 1.55. The third kappa shape index (κ3) is 3.75. The molecule has 0 unspecified atom stereocenters. The molecule has 0 spiro atoms. The number of nitrogens with one attached hydrogen (secondary N) is 1. The Kier molecular flexibility index (Phi) is 4.62. The molecule has 1 aromatic heterocycles. The van der Waals surface area contributed by atoms with E-state index in [1.807, 2.05) is 0 Å². The number of nitrogen functional groups attached to an aromatic ring is 1. The molecule has 0 saturated carbocycles. The van der Waals surface area contributed by atoms with E-state index in [0.717, 1.165) is 0 Å². The second kappa shape index (κ2) is 6.61. The third-order valence-corrected chi connectivity index (χ3v) is 2.68. The Morgan fingerprint density at radius 3 is 2.50 bits per heavy atom. The van der Waals surface area contributed by atoms with Gasteiger partial charge in [-0.1, -0.05) is 0 Å². The monoisotopic (exact) mass is 304 g/mol. The van der Waals surface area contributed by atoms with Crippen molar-refractivity contribution in [2.24, 2.45) is 0 Å². The molecule has 22 heavy (non-hydrogen) atoms. The molecule has 2 rings (SSSR count).